The summed E-state index contributed by atoms with van der Waals surface area (Å²) in [5.41, 5.74) is 0. The monoisotopic (exact) mass is 221 g/mol. The van der Waals surface area contributed by atoms with Crippen LogP contribution in [0.5, 0.6) is 0 Å². The summed E-state index contributed by atoms with van der Waals surface area (Å²) in [6, 6.07) is 0. The van der Waals surface area contributed by atoms with Gasteiger partial charge in [0.05, 0.1) is 0 Å². The Morgan fingerprint density at radius 3 is 2.00 bits per heavy atom. The van der Waals surface area contributed by atoms with E-state index in [4.69, 9.17) is 0 Å². The molecule has 0 bridgehead atoms. The predicted octanol–water partition coefficient (Wildman–Crippen LogP) is 5.09. The summed E-state index contributed by atoms with van der Waals surface area (Å²) in [6.07, 6.45) is 8.77. The van der Waals surface area contributed by atoms with Crippen molar-refractivity contribution in [3.05, 3.63) is 5.92 Å². The Balaban J connectivity index is 1.92. The lowest BCUT2D eigenvalue weighted by atomic mass is 9.64. The van der Waals surface area contributed by atoms with Gasteiger partial charge >= 0.3 is 0 Å². The molecule has 4 atom stereocenters. The quantitative estimate of drug-likeness (QED) is 0.578. The molecule has 2 rings (SSSR count). The molecule has 0 N–H and O–H groups in total. The molecule has 0 spiro atoms. The number of rotatable bonds is 1. The van der Waals surface area contributed by atoms with Gasteiger partial charge in [0.15, 0.2) is 0 Å². The molecule has 0 aromatic carbocycles. The van der Waals surface area contributed by atoms with Crippen LogP contribution in [-0.2, 0) is 0 Å². The SMILES string of the molecule is CC1CC(C)CC([C]2CCC(C)C(C)C2)C1. The van der Waals surface area contributed by atoms with E-state index in [9.17, 15) is 0 Å². The van der Waals surface area contributed by atoms with E-state index in [0.717, 1.165) is 29.6 Å². The molecule has 0 heteroatoms. The number of hydrogen-bond acceptors (Lipinski definition) is 0. The summed E-state index contributed by atoms with van der Waals surface area (Å²) >= 11 is 0. The smallest absolute Gasteiger partial charge is 0.0207 e. The molecule has 0 aromatic heterocycles. The zero-order valence-corrected chi connectivity index (χ0v) is 11.6. The highest BCUT2D eigenvalue weighted by Gasteiger charge is 2.34. The molecular weight excluding hydrogens is 192 g/mol. The Hall–Kier alpha value is 0. The average molecular weight is 221 g/mol. The fourth-order valence-electron chi connectivity index (χ4n) is 4.07. The Labute approximate surface area is 102 Å². The Morgan fingerprint density at radius 2 is 1.44 bits per heavy atom. The van der Waals surface area contributed by atoms with Crippen LogP contribution in [0.25, 0.3) is 0 Å². The van der Waals surface area contributed by atoms with Crippen LogP contribution in [0, 0.1) is 35.5 Å². The molecule has 0 saturated heterocycles. The van der Waals surface area contributed by atoms with Crippen molar-refractivity contribution in [3.63, 3.8) is 0 Å². The van der Waals surface area contributed by atoms with Crippen LogP contribution < -0.4 is 0 Å². The molecule has 2 fully saturated rings. The highest BCUT2D eigenvalue weighted by Crippen LogP contribution is 2.45. The van der Waals surface area contributed by atoms with Gasteiger partial charge in [-0.25, -0.2) is 0 Å². The van der Waals surface area contributed by atoms with Crippen molar-refractivity contribution in [3.8, 4) is 0 Å². The molecule has 1 radical (unpaired) electrons. The summed E-state index contributed by atoms with van der Waals surface area (Å²) in [4.78, 5) is 0. The van der Waals surface area contributed by atoms with E-state index >= 15 is 0 Å². The van der Waals surface area contributed by atoms with E-state index in [2.05, 4.69) is 27.7 Å². The zero-order chi connectivity index (χ0) is 11.7. The minimum atomic E-state index is 0.941. The van der Waals surface area contributed by atoms with Crippen molar-refractivity contribution in [2.45, 2.75) is 66.2 Å². The molecule has 93 valence electrons. The predicted molar refractivity (Wildman–Crippen MR) is 71.1 cm³/mol. The van der Waals surface area contributed by atoms with Gasteiger partial charge in [-0.3, -0.25) is 0 Å². The van der Waals surface area contributed by atoms with Crippen molar-refractivity contribution in [2.75, 3.05) is 0 Å². The van der Waals surface area contributed by atoms with Crippen LogP contribution >= 0.6 is 0 Å². The largest absolute Gasteiger partial charge is 0.0625 e. The van der Waals surface area contributed by atoms with Crippen molar-refractivity contribution in [2.24, 2.45) is 29.6 Å². The first-order chi connectivity index (χ1) is 7.56. The molecule has 0 heterocycles. The fourth-order valence-corrected chi connectivity index (χ4v) is 4.07. The summed E-state index contributed by atoms with van der Waals surface area (Å²) in [5.74, 6) is 6.75. The zero-order valence-electron chi connectivity index (χ0n) is 11.6. The third-order valence-electron chi connectivity index (χ3n) is 5.23. The second kappa shape index (κ2) is 5.10. The van der Waals surface area contributed by atoms with Gasteiger partial charge in [-0.15, -0.1) is 0 Å². The molecule has 16 heavy (non-hydrogen) atoms. The van der Waals surface area contributed by atoms with Crippen LogP contribution in [0.15, 0.2) is 0 Å². The molecule has 4 unspecified atom stereocenters. The van der Waals surface area contributed by atoms with Gasteiger partial charge in [-0.05, 0) is 74.0 Å². The van der Waals surface area contributed by atoms with Crippen LogP contribution in [0.3, 0.4) is 0 Å². The van der Waals surface area contributed by atoms with E-state index in [1.807, 2.05) is 5.92 Å². The minimum Gasteiger partial charge on any atom is -0.0625 e. The lowest BCUT2D eigenvalue weighted by Gasteiger charge is -2.41. The number of hydrogen-bond donors (Lipinski definition) is 0. The summed E-state index contributed by atoms with van der Waals surface area (Å²) in [5, 5.41) is 0. The van der Waals surface area contributed by atoms with Gasteiger partial charge in [0, 0.05) is 0 Å². The van der Waals surface area contributed by atoms with Crippen molar-refractivity contribution in [1.29, 1.82) is 0 Å². The first kappa shape index (κ1) is 12.5. The first-order valence-corrected chi connectivity index (χ1v) is 7.40. The van der Waals surface area contributed by atoms with Crippen LogP contribution in [0.1, 0.15) is 66.2 Å². The second-order valence-electron chi connectivity index (χ2n) is 6.97. The highest BCUT2D eigenvalue weighted by atomic mass is 14.4. The van der Waals surface area contributed by atoms with Crippen molar-refractivity contribution < 1.29 is 0 Å². The van der Waals surface area contributed by atoms with E-state index in [1.54, 1.807) is 0 Å². The topological polar surface area (TPSA) is 0 Å². The van der Waals surface area contributed by atoms with Gasteiger partial charge in [0.1, 0.15) is 0 Å². The third-order valence-corrected chi connectivity index (χ3v) is 5.23. The Morgan fingerprint density at radius 1 is 0.812 bits per heavy atom. The third kappa shape index (κ3) is 2.81. The first-order valence-electron chi connectivity index (χ1n) is 7.40. The molecular formula is C16H29. The van der Waals surface area contributed by atoms with Gasteiger partial charge < -0.3 is 0 Å². The van der Waals surface area contributed by atoms with Crippen LogP contribution in [0.2, 0.25) is 0 Å². The molecule has 0 nitrogen and oxygen atoms in total. The summed E-state index contributed by atoms with van der Waals surface area (Å²) < 4.78 is 0. The van der Waals surface area contributed by atoms with Gasteiger partial charge in [-0.1, -0.05) is 27.7 Å². The fraction of sp³-hybridized carbons (Fsp3) is 0.938. The lowest BCUT2D eigenvalue weighted by Crippen LogP contribution is -2.29. The van der Waals surface area contributed by atoms with Crippen molar-refractivity contribution in [1.82, 2.24) is 0 Å². The summed E-state index contributed by atoms with van der Waals surface area (Å²) in [6.45, 7) is 9.81. The minimum absolute atomic E-state index is 0.941. The van der Waals surface area contributed by atoms with E-state index in [1.165, 1.54) is 38.5 Å². The van der Waals surface area contributed by atoms with Crippen LogP contribution in [0.4, 0.5) is 0 Å². The van der Waals surface area contributed by atoms with E-state index in [-0.39, 0.29) is 0 Å². The van der Waals surface area contributed by atoms with Crippen LogP contribution in [-0.4, -0.2) is 0 Å². The molecule has 0 aromatic rings. The van der Waals surface area contributed by atoms with Gasteiger partial charge in [-0.2, -0.15) is 0 Å². The molecule has 0 aliphatic heterocycles. The standard InChI is InChI=1S/C16H29/c1-11-7-12(2)9-16(8-11)15-6-5-13(3)14(4)10-15/h11-14,16H,5-10H2,1-4H3. The Kier molecular flexibility index (Phi) is 3.97. The molecule has 2 saturated carbocycles. The molecule has 0 amide bonds. The van der Waals surface area contributed by atoms with Crippen molar-refractivity contribution >= 4 is 0 Å². The maximum atomic E-state index is 2.46. The molecule has 2 aliphatic carbocycles. The Bertz CT molecular complexity index is 210. The van der Waals surface area contributed by atoms with E-state index < -0.39 is 0 Å². The average Bonchev–Trinajstić information content (AvgIpc) is 2.20. The summed E-state index contributed by atoms with van der Waals surface area (Å²) in [7, 11) is 0. The van der Waals surface area contributed by atoms with Gasteiger partial charge in [0.25, 0.3) is 0 Å². The maximum Gasteiger partial charge on any atom is -0.0207 e. The second-order valence-corrected chi connectivity index (χ2v) is 6.97. The molecule has 2 aliphatic rings. The van der Waals surface area contributed by atoms with Gasteiger partial charge in [0.2, 0.25) is 0 Å². The lowest BCUT2D eigenvalue weighted by molar-refractivity contribution is 0.184. The maximum absolute atomic E-state index is 2.46. The highest BCUT2D eigenvalue weighted by molar-refractivity contribution is 5.03. The van der Waals surface area contributed by atoms with E-state index in [0.29, 0.717) is 0 Å². The normalized spacial score (nSPS) is 46.9.